The number of nitrogens with two attached hydrogens (primary N) is 1. The Labute approximate surface area is 611 Å². The molecule has 0 bridgehead atoms. The van der Waals surface area contributed by atoms with Crippen molar-refractivity contribution in [1.82, 2.24) is 50.9 Å². The molecule has 1 aromatic carbocycles. The van der Waals surface area contributed by atoms with Crippen molar-refractivity contribution < 1.29 is 90.3 Å². The maximum Gasteiger partial charge on any atom is 0.433 e. The lowest BCUT2D eigenvalue weighted by molar-refractivity contribution is -0.402. The summed E-state index contributed by atoms with van der Waals surface area (Å²) in [5.41, 5.74) is 3.67. The number of nitrogens with one attached hydrogen (secondary N) is 4. The van der Waals surface area contributed by atoms with Crippen LogP contribution in [-0.2, 0) is 62.2 Å². The summed E-state index contributed by atoms with van der Waals surface area (Å²) >= 11 is 0. The van der Waals surface area contributed by atoms with Crippen LogP contribution in [0.4, 0.5) is 16.4 Å². The number of hydrazone groups is 1. The molecule has 0 radical (unpaired) electrons. The number of cyclic esters (lactones) is 3. The van der Waals surface area contributed by atoms with Crippen LogP contribution in [0.2, 0.25) is 0 Å². The van der Waals surface area contributed by atoms with Crippen LogP contribution in [0.1, 0.15) is 145 Å². The minimum absolute atomic E-state index is 0.0668. The van der Waals surface area contributed by atoms with Gasteiger partial charge in [0.15, 0.2) is 28.7 Å². The number of carbonyl (C=O) groups excluding carboxylic acids is 13. The first-order valence-electron chi connectivity index (χ1n) is 35.4. The average molecular weight is 1480 g/mol. The van der Waals surface area contributed by atoms with Crippen LogP contribution < -0.4 is 32.4 Å². The normalized spacial score (nSPS) is 26.0. The van der Waals surface area contributed by atoms with E-state index in [9.17, 15) is 67.6 Å². The predicted octanol–water partition coefficient (Wildman–Crippen LogP) is 3.69. The number of Topliss-reactive ketones (excluding diaryl/α,β-unsaturated/α-hetero) is 2. The summed E-state index contributed by atoms with van der Waals surface area (Å²) in [4.78, 5) is 218. The van der Waals surface area contributed by atoms with Crippen molar-refractivity contribution in [2.75, 3.05) is 60.2 Å². The number of ether oxygens (including phenoxy) is 3. The van der Waals surface area contributed by atoms with Gasteiger partial charge in [0.05, 0.1) is 60.8 Å². The van der Waals surface area contributed by atoms with E-state index in [0.29, 0.717) is 50.6 Å². The van der Waals surface area contributed by atoms with Gasteiger partial charge in [0, 0.05) is 57.4 Å². The summed E-state index contributed by atoms with van der Waals surface area (Å²) in [5, 5.41) is 26.0. The fraction of sp³-hybridized carbons (Fsp3) is 0.583. The highest BCUT2D eigenvalue weighted by Crippen LogP contribution is 2.39. The number of ketones is 2. The van der Waals surface area contributed by atoms with Crippen LogP contribution in [0.15, 0.2) is 43.0 Å². The SMILES string of the molecule is Cc1c2oc3c(C)ccc(C(=O)NC4C(=O)NC(C(C)C)C(=O)C5CCCC5C(=O)N(C)CC(=O)N(C)C(C(C)C)C(=O)OC4C)c3nc-2c(C(=O)NC2C(=O)NC(C(C)C)C(=O)C3CCCC3C(=O)N(C)CC(=O)N(C)C(C(C)C)C(=O)OC2C)c(N)c1=O.O=C1OCCN1N=Cc1ccc([N+](=O)[O-])o1. The molecule has 0 spiro atoms. The van der Waals surface area contributed by atoms with Gasteiger partial charge in [-0.1, -0.05) is 74.3 Å². The largest absolute Gasteiger partial charge is 0.458 e. The van der Waals surface area contributed by atoms with Gasteiger partial charge in [-0.05, 0) is 94.7 Å². The number of hydrogen-bond acceptors (Lipinski definition) is 24. The molecule has 12 atom stereocenters. The smallest absolute Gasteiger partial charge is 0.433 e. The molecule has 12 unspecified atom stereocenters. The number of anilines is 1. The molecule has 34 nitrogen and oxygen atoms in total. The maximum absolute atomic E-state index is 15.2. The van der Waals surface area contributed by atoms with Crippen LogP contribution in [0.25, 0.3) is 22.6 Å². The molecular formula is C72H95N13O21. The zero-order valence-corrected chi connectivity index (χ0v) is 62.4. The molecule has 106 heavy (non-hydrogen) atoms. The number of likely N-dealkylation sites (N-methyl/N-ethyl adjacent to an activating group) is 4. The fourth-order valence-electron chi connectivity index (χ4n) is 14.3. The number of carbonyl (C=O) groups is 13. The van der Waals surface area contributed by atoms with Gasteiger partial charge in [-0.25, -0.2) is 19.4 Å². The van der Waals surface area contributed by atoms with Crippen LogP contribution in [0, 0.1) is 71.3 Å². The summed E-state index contributed by atoms with van der Waals surface area (Å²) in [6, 6.07) is -3.11. The minimum atomic E-state index is -1.86. The lowest BCUT2D eigenvalue weighted by atomic mass is 9.83. The monoisotopic (exact) mass is 1480 g/mol. The number of nitro groups is 1. The summed E-state index contributed by atoms with van der Waals surface area (Å²) in [6.07, 6.45) is 0.0233. The van der Waals surface area contributed by atoms with Gasteiger partial charge >= 0.3 is 23.9 Å². The Balaban J connectivity index is 0.000000777. The first-order chi connectivity index (χ1) is 49.8. The highest BCUT2D eigenvalue weighted by atomic mass is 16.6. The van der Waals surface area contributed by atoms with E-state index in [-0.39, 0.29) is 51.9 Å². The van der Waals surface area contributed by atoms with Crippen molar-refractivity contribution in [3.8, 4) is 11.5 Å². The van der Waals surface area contributed by atoms with Crippen LogP contribution >= 0.6 is 0 Å². The van der Waals surface area contributed by atoms with E-state index in [0.717, 1.165) is 14.8 Å². The Morgan fingerprint density at radius 1 is 0.660 bits per heavy atom. The number of rotatable bonds is 11. The highest BCUT2D eigenvalue weighted by molar-refractivity contribution is 6.11. The van der Waals surface area contributed by atoms with Crippen molar-refractivity contribution in [1.29, 1.82) is 0 Å². The van der Waals surface area contributed by atoms with Gasteiger partial charge in [-0.2, -0.15) is 10.1 Å². The highest BCUT2D eigenvalue weighted by Gasteiger charge is 2.48. The molecule has 4 aliphatic heterocycles. The molecule has 2 aromatic rings. The molecule has 1 aromatic heterocycles. The summed E-state index contributed by atoms with van der Waals surface area (Å²) < 4.78 is 27.8. The molecule has 5 heterocycles. The maximum atomic E-state index is 15.2. The molecule has 2 saturated carbocycles. The van der Waals surface area contributed by atoms with Crippen molar-refractivity contribution in [3.05, 3.63) is 72.6 Å². The Kier molecular flexibility index (Phi) is 25.7. The van der Waals surface area contributed by atoms with E-state index < -0.39 is 207 Å². The summed E-state index contributed by atoms with van der Waals surface area (Å²) in [7, 11) is 5.66. The molecule has 34 heteroatoms. The van der Waals surface area contributed by atoms with Gasteiger partial charge in [0.1, 0.15) is 59.1 Å². The number of fused-ring (bicyclic) bond motifs is 4. The first-order valence-corrected chi connectivity index (χ1v) is 35.4. The van der Waals surface area contributed by atoms with Gasteiger partial charge in [-0.3, -0.25) is 62.9 Å². The molecule has 5 fully saturated rings. The third-order valence-corrected chi connectivity index (χ3v) is 20.2. The Bertz CT molecular complexity index is 4200. The summed E-state index contributed by atoms with van der Waals surface area (Å²) in [6.45, 7) is 18.9. The Morgan fingerprint density at radius 2 is 1.13 bits per heavy atom. The molecular weight excluding hydrogens is 1380 g/mol. The van der Waals surface area contributed by atoms with Crippen molar-refractivity contribution >= 4 is 106 Å². The van der Waals surface area contributed by atoms with Gasteiger partial charge in [-0.15, -0.1) is 0 Å². The first kappa shape index (κ1) is 81.0. The topological polar surface area (TPSA) is 452 Å². The number of benzene rings is 2. The van der Waals surface area contributed by atoms with E-state index in [4.69, 9.17) is 29.0 Å². The number of esters is 2. The van der Waals surface area contributed by atoms with Crippen LogP contribution in [0.5, 0.6) is 0 Å². The van der Waals surface area contributed by atoms with Crippen molar-refractivity contribution in [2.24, 2.45) is 52.4 Å². The second-order valence-electron chi connectivity index (χ2n) is 29.2. The molecule has 3 aliphatic carbocycles. The molecule has 574 valence electrons. The standard InChI is InChI=1S/C64H88N10O16.C8H7N3O5/c1-27(2)44-53(78)35-19-17-21-37(35)61(84)71(13)25-40(75)73(15)50(29(5)6)63(86)88-33(11)46(59(82)67-44)69-57(80)39-24-23-31(9)55-48(39)66-49-42(43(65)52(77)32(10)56(49)90-55)58(81)70-47-34(12)89-64(87)51(30(7)8)74(16)41(76)26-72(14)62(85)38-22-18-20-36(38)54(79)45(28(3)4)68-60(47)83;12-8-10(3-4-15-8)9-5-6-1-2-7(16-6)11(13)14/h23-24,27-30,33-38,44-47,50-51H,17-22,25-26,65H2,1-16H3,(H,67,82)(H,68,83)(H,69,80)(H,70,81);1-2,5H,3-4H2. The van der Waals surface area contributed by atoms with Crippen LogP contribution in [-0.4, -0.2) is 220 Å². The second-order valence-corrected chi connectivity index (χ2v) is 29.2. The minimum Gasteiger partial charge on any atom is -0.458 e. The average Bonchev–Trinajstić information content (AvgIpc) is 0.988. The van der Waals surface area contributed by atoms with Gasteiger partial charge < -0.3 is 69.6 Å². The zero-order valence-electron chi connectivity index (χ0n) is 62.4. The number of nitrogens with zero attached hydrogens (tertiary/aromatic N) is 8. The Morgan fingerprint density at radius 3 is 1.57 bits per heavy atom. The molecule has 9 amide bonds. The Hall–Kier alpha value is -10.7. The number of amides is 9. The van der Waals surface area contributed by atoms with E-state index in [1.807, 2.05) is 0 Å². The van der Waals surface area contributed by atoms with E-state index in [1.54, 1.807) is 62.3 Å². The summed E-state index contributed by atoms with van der Waals surface area (Å²) in [5.74, 6) is -15.1. The zero-order chi connectivity index (χ0) is 78.5. The molecule has 6 N–H and O–H groups in total. The second kappa shape index (κ2) is 33.6. The number of aryl methyl sites for hydroxylation is 1. The fourth-order valence-corrected chi connectivity index (χ4v) is 14.3. The molecule has 9 rings (SSSR count). The molecule has 7 aliphatic rings. The van der Waals surface area contributed by atoms with Crippen LogP contribution in [0.3, 0.4) is 0 Å². The number of nitrogen functional groups attached to an aromatic ring is 1. The molecule has 3 saturated heterocycles. The van der Waals surface area contributed by atoms with E-state index in [2.05, 4.69) is 31.1 Å². The van der Waals surface area contributed by atoms with Gasteiger partial charge in [0.2, 0.25) is 40.9 Å². The van der Waals surface area contributed by atoms with Crippen molar-refractivity contribution in [2.45, 2.75) is 170 Å². The third-order valence-electron chi connectivity index (χ3n) is 20.2. The predicted molar refractivity (Wildman–Crippen MR) is 379 cm³/mol. The quantitative estimate of drug-likeness (QED) is 0.0272. The lowest BCUT2D eigenvalue weighted by Crippen LogP contribution is -2.59. The van der Waals surface area contributed by atoms with E-state index >= 15 is 9.59 Å². The lowest BCUT2D eigenvalue weighted by Gasteiger charge is -2.35. The van der Waals surface area contributed by atoms with Gasteiger partial charge in [0.25, 0.3) is 11.8 Å². The number of hydrogen-bond donors (Lipinski definition) is 5. The van der Waals surface area contributed by atoms with Crippen molar-refractivity contribution in [3.63, 3.8) is 0 Å². The number of furan rings is 1. The third kappa shape index (κ3) is 17.3. The number of aromatic nitrogens is 1. The van der Waals surface area contributed by atoms with E-state index in [1.165, 1.54) is 89.2 Å².